The van der Waals surface area contributed by atoms with Crippen molar-refractivity contribution in [2.75, 3.05) is 4.90 Å². The Morgan fingerprint density at radius 1 is 1.00 bits per heavy atom. The molecular weight excluding hydrogens is 446 g/mol. The van der Waals surface area contributed by atoms with Crippen LogP contribution in [-0.4, -0.2) is 32.9 Å². The van der Waals surface area contributed by atoms with Crippen LogP contribution in [0.15, 0.2) is 72.1 Å². The van der Waals surface area contributed by atoms with E-state index in [1.165, 1.54) is 17.8 Å². The van der Waals surface area contributed by atoms with E-state index < -0.39 is 6.04 Å². The summed E-state index contributed by atoms with van der Waals surface area (Å²) in [5, 5.41) is 13.5. The SMILES string of the molecule is O=C(NC1CCCCC1)[C@H](c1cccs1)N(C(=O)Cn1nnc2ccccc21)c1ccccc1. The predicted molar refractivity (Wildman–Crippen MR) is 134 cm³/mol. The number of nitrogens with zero attached hydrogens (tertiary/aromatic N) is 4. The van der Waals surface area contributed by atoms with Crippen LogP contribution < -0.4 is 10.2 Å². The molecule has 2 amide bonds. The molecule has 8 heteroatoms. The molecule has 0 radical (unpaired) electrons. The number of carbonyl (C=O) groups excluding carboxylic acids is 2. The first-order chi connectivity index (χ1) is 16.7. The second-order valence-corrected chi connectivity index (χ2v) is 9.58. The molecule has 1 atom stereocenters. The normalized spacial score (nSPS) is 15.2. The number of hydrogen-bond acceptors (Lipinski definition) is 5. The lowest BCUT2D eigenvalue weighted by atomic mass is 9.95. The molecule has 174 valence electrons. The van der Waals surface area contributed by atoms with Crippen molar-refractivity contribution in [2.24, 2.45) is 0 Å². The third-order valence-corrected chi connectivity index (χ3v) is 7.20. The minimum absolute atomic E-state index is 0.0198. The molecule has 5 rings (SSSR count). The predicted octanol–water partition coefficient (Wildman–Crippen LogP) is 4.72. The number of rotatable bonds is 7. The number of para-hydroxylation sites is 2. The molecule has 1 aliphatic rings. The van der Waals surface area contributed by atoms with Crippen LogP contribution in [0.2, 0.25) is 0 Å². The van der Waals surface area contributed by atoms with Gasteiger partial charge in [0.1, 0.15) is 18.1 Å². The number of amides is 2. The largest absolute Gasteiger partial charge is 0.351 e. The van der Waals surface area contributed by atoms with E-state index in [0.29, 0.717) is 5.69 Å². The molecular formula is C26H27N5O2S. The zero-order valence-corrected chi connectivity index (χ0v) is 19.7. The highest BCUT2D eigenvalue weighted by Gasteiger charge is 2.35. The number of carbonyl (C=O) groups is 2. The van der Waals surface area contributed by atoms with E-state index in [2.05, 4.69) is 15.6 Å². The fraction of sp³-hybridized carbons (Fsp3) is 0.308. The fourth-order valence-electron chi connectivity index (χ4n) is 4.61. The smallest absolute Gasteiger partial charge is 0.249 e. The topological polar surface area (TPSA) is 80.1 Å². The van der Waals surface area contributed by atoms with Crippen LogP contribution in [0.3, 0.4) is 0 Å². The summed E-state index contributed by atoms with van der Waals surface area (Å²) in [4.78, 5) is 30.0. The Labute approximate surface area is 202 Å². The zero-order chi connectivity index (χ0) is 23.3. The Bertz CT molecular complexity index is 1250. The van der Waals surface area contributed by atoms with Crippen molar-refractivity contribution >= 4 is 39.9 Å². The summed E-state index contributed by atoms with van der Waals surface area (Å²) in [7, 11) is 0. The number of thiophene rings is 1. The first-order valence-corrected chi connectivity index (χ1v) is 12.6. The van der Waals surface area contributed by atoms with Gasteiger partial charge >= 0.3 is 0 Å². The van der Waals surface area contributed by atoms with Crippen molar-refractivity contribution in [1.82, 2.24) is 20.3 Å². The molecule has 4 aromatic rings. The summed E-state index contributed by atoms with van der Waals surface area (Å²) in [6, 6.07) is 20.2. The maximum absolute atomic E-state index is 13.8. The summed E-state index contributed by atoms with van der Waals surface area (Å²) in [6.45, 7) is -0.0198. The van der Waals surface area contributed by atoms with Gasteiger partial charge in [0.05, 0.1) is 5.52 Å². The lowest BCUT2D eigenvalue weighted by molar-refractivity contribution is -0.127. The summed E-state index contributed by atoms with van der Waals surface area (Å²) in [6.07, 6.45) is 5.41. The molecule has 0 bridgehead atoms. The zero-order valence-electron chi connectivity index (χ0n) is 18.8. The van der Waals surface area contributed by atoms with Crippen molar-refractivity contribution in [1.29, 1.82) is 0 Å². The maximum atomic E-state index is 13.8. The second-order valence-electron chi connectivity index (χ2n) is 8.60. The Kier molecular flexibility index (Phi) is 6.67. The van der Waals surface area contributed by atoms with Gasteiger partial charge in [0.2, 0.25) is 11.8 Å². The fourth-order valence-corrected chi connectivity index (χ4v) is 5.42. The third-order valence-electron chi connectivity index (χ3n) is 6.28. The molecule has 2 aromatic heterocycles. The monoisotopic (exact) mass is 473 g/mol. The van der Waals surface area contributed by atoms with Gasteiger partial charge in [-0.25, -0.2) is 4.68 Å². The van der Waals surface area contributed by atoms with E-state index in [1.54, 1.807) is 9.58 Å². The average molecular weight is 474 g/mol. The third kappa shape index (κ3) is 4.72. The molecule has 0 unspecified atom stereocenters. The summed E-state index contributed by atoms with van der Waals surface area (Å²) in [5.41, 5.74) is 2.18. The lowest BCUT2D eigenvalue weighted by Gasteiger charge is -2.32. The van der Waals surface area contributed by atoms with Crippen LogP contribution in [0.5, 0.6) is 0 Å². The number of benzene rings is 2. The molecule has 0 spiro atoms. The van der Waals surface area contributed by atoms with E-state index in [4.69, 9.17) is 0 Å². The van der Waals surface area contributed by atoms with Crippen molar-refractivity contribution in [3.63, 3.8) is 0 Å². The van der Waals surface area contributed by atoms with Crippen LogP contribution in [0.25, 0.3) is 11.0 Å². The number of aromatic nitrogens is 3. The number of anilines is 1. The van der Waals surface area contributed by atoms with Crippen LogP contribution in [0.1, 0.15) is 43.0 Å². The van der Waals surface area contributed by atoms with Crippen molar-refractivity contribution in [3.05, 3.63) is 77.0 Å². The molecule has 1 aliphatic carbocycles. The van der Waals surface area contributed by atoms with Gasteiger partial charge in [-0.3, -0.25) is 14.5 Å². The first-order valence-electron chi connectivity index (χ1n) is 11.7. The standard InChI is InChI=1S/C26H27N5O2S/c32-24(18-30-22-15-8-7-14-21(22)28-29-30)31(20-12-5-2-6-13-20)25(23-16-9-17-34-23)26(33)27-19-10-3-1-4-11-19/h2,5-9,12-17,19,25H,1,3-4,10-11,18H2,(H,27,33)/t25-/m0/s1. The highest BCUT2D eigenvalue weighted by molar-refractivity contribution is 7.10. The van der Waals surface area contributed by atoms with Crippen LogP contribution in [-0.2, 0) is 16.1 Å². The molecule has 0 aliphatic heterocycles. The number of fused-ring (bicyclic) bond motifs is 1. The van der Waals surface area contributed by atoms with Gasteiger partial charge in [0.15, 0.2) is 0 Å². The van der Waals surface area contributed by atoms with E-state index in [-0.39, 0.29) is 24.4 Å². The van der Waals surface area contributed by atoms with Gasteiger partial charge in [0, 0.05) is 16.6 Å². The van der Waals surface area contributed by atoms with E-state index in [0.717, 1.165) is 41.6 Å². The van der Waals surface area contributed by atoms with Gasteiger partial charge in [-0.2, -0.15) is 0 Å². The molecule has 1 fully saturated rings. The minimum Gasteiger partial charge on any atom is -0.351 e. The first kappa shape index (κ1) is 22.3. The van der Waals surface area contributed by atoms with Crippen LogP contribution in [0, 0.1) is 0 Å². The van der Waals surface area contributed by atoms with Gasteiger partial charge in [-0.1, -0.05) is 60.9 Å². The van der Waals surface area contributed by atoms with Crippen molar-refractivity contribution in [2.45, 2.75) is 50.7 Å². The summed E-state index contributed by atoms with van der Waals surface area (Å²) in [5.74, 6) is -0.367. The van der Waals surface area contributed by atoms with Crippen LogP contribution in [0.4, 0.5) is 5.69 Å². The second kappa shape index (κ2) is 10.2. The van der Waals surface area contributed by atoms with Gasteiger partial charge in [-0.05, 0) is 48.6 Å². The molecule has 0 saturated heterocycles. The van der Waals surface area contributed by atoms with Crippen LogP contribution >= 0.6 is 11.3 Å². The van der Waals surface area contributed by atoms with E-state index in [9.17, 15) is 9.59 Å². The Hall–Kier alpha value is -3.52. The summed E-state index contributed by atoms with van der Waals surface area (Å²) < 4.78 is 1.60. The van der Waals surface area contributed by atoms with Gasteiger partial charge in [-0.15, -0.1) is 16.4 Å². The van der Waals surface area contributed by atoms with Crippen molar-refractivity contribution in [3.8, 4) is 0 Å². The average Bonchev–Trinajstić information content (AvgIpc) is 3.54. The Morgan fingerprint density at radius 2 is 1.76 bits per heavy atom. The molecule has 34 heavy (non-hydrogen) atoms. The molecule has 2 heterocycles. The van der Waals surface area contributed by atoms with E-state index >= 15 is 0 Å². The Balaban J connectivity index is 1.50. The molecule has 7 nitrogen and oxygen atoms in total. The lowest BCUT2D eigenvalue weighted by Crippen LogP contribution is -2.48. The highest BCUT2D eigenvalue weighted by atomic mass is 32.1. The number of hydrogen-bond donors (Lipinski definition) is 1. The quantitative estimate of drug-likeness (QED) is 0.421. The molecule has 2 aromatic carbocycles. The van der Waals surface area contributed by atoms with Gasteiger partial charge in [0.25, 0.3) is 0 Å². The molecule has 1 saturated carbocycles. The summed E-state index contributed by atoms with van der Waals surface area (Å²) >= 11 is 1.48. The minimum atomic E-state index is -0.758. The Morgan fingerprint density at radius 3 is 2.53 bits per heavy atom. The van der Waals surface area contributed by atoms with Gasteiger partial charge < -0.3 is 5.32 Å². The maximum Gasteiger partial charge on any atom is 0.249 e. The number of nitrogens with one attached hydrogen (secondary N) is 1. The molecule has 1 N–H and O–H groups in total. The van der Waals surface area contributed by atoms with Crippen molar-refractivity contribution < 1.29 is 9.59 Å². The van der Waals surface area contributed by atoms with E-state index in [1.807, 2.05) is 72.1 Å². The highest BCUT2D eigenvalue weighted by Crippen LogP contribution is 2.32.